The Morgan fingerprint density at radius 1 is 0.964 bits per heavy atom. The molecule has 0 saturated heterocycles. The zero-order valence-corrected chi connectivity index (χ0v) is 15.5. The number of para-hydroxylation sites is 1. The highest BCUT2D eigenvalue weighted by Crippen LogP contribution is 2.20. The summed E-state index contributed by atoms with van der Waals surface area (Å²) in [5.74, 6) is 0.0788. The zero-order valence-electron chi connectivity index (χ0n) is 15.5. The Morgan fingerprint density at radius 2 is 1.75 bits per heavy atom. The lowest BCUT2D eigenvalue weighted by molar-refractivity contribution is 0.0950. The van der Waals surface area contributed by atoms with Gasteiger partial charge in [-0.25, -0.2) is 0 Å². The Balaban J connectivity index is 1.61. The first-order chi connectivity index (χ1) is 13.7. The highest BCUT2D eigenvalue weighted by molar-refractivity contribution is 6.06. The van der Waals surface area contributed by atoms with Gasteiger partial charge in [-0.1, -0.05) is 18.2 Å². The van der Waals surface area contributed by atoms with E-state index in [2.05, 4.69) is 15.6 Å². The molecule has 2 amide bonds. The van der Waals surface area contributed by atoms with E-state index in [-0.39, 0.29) is 11.8 Å². The maximum Gasteiger partial charge on any atom is 0.259 e. The second-order valence-electron chi connectivity index (χ2n) is 6.00. The Morgan fingerprint density at radius 3 is 2.46 bits per heavy atom. The smallest absolute Gasteiger partial charge is 0.259 e. The number of nitrogens with zero attached hydrogens (tertiary/aromatic N) is 1. The number of benzene rings is 2. The van der Waals surface area contributed by atoms with E-state index in [4.69, 9.17) is 4.74 Å². The highest BCUT2D eigenvalue weighted by atomic mass is 16.5. The molecule has 0 saturated carbocycles. The van der Waals surface area contributed by atoms with E-state index in [0.29, 0.717) is 35.7 Å². The summed E-state index contributed by atoms with van der Waals surface area (Å²) in [5.41, 5.74) is 2.49. The van der Waals surface area contributed by atoms with Crippen molar-refractivity contribution in [2.45, 2.75) is 13.5 Å². The van der Waals surface area contributed by atoms with Crippen LogP contribution in [0.1, 0.15) is 33.2 Å². The lowest BCUT2D eigenvalue weighted by Crippen LogP contribution is -2.22. The van der Waals surface area contributed by atoms with Gasteiger partial charge in [0, 0.05) is 30.2 Å². The molecule has 6 nitrogen and oxygen atoms in total. The van der Waals surface area contributed by atoms with Crippen LogP contribution in [0, 0.1) is 0 Å². The molecule has 0 unspecified atom stereocenters. The van der Waals surface area contributed by atoms with Crippen LogP contribution >= 0.6 is 0 Å². The van der Waals surface area contributed by atoms with Gasteiger partial charge in [0.15, 0.2) is 0 Å². The third-order valence-electron chi connectivity index (χ3n) is 4.01. The van der Waals surface area contributed by atoms with Crippen LogP contribution in [-0.2, 0) is 6.54 Å². The van der Waals surface area contributed by atoms with Crippen LogP contribution in [0.15, 0.2) is 73.1 Å². The van der Waals surface area contributed by atoms with Gasteiger partial charge in [0.1, 0.15) is 5.75 Å². The average molecular weight is 375 g/mol. The van der Waals surface area contributed by atoms with E-state index >= 15 is 0 Å². The van der Waals surface area contributed by atoms with Gasteiger partial charge in [-0.05, 0) is 55.0 Å². The molecule has 0 fully saturated rings. The number of rotatable bonds is 7. The second-order valence-corrected chi connectivity index (χ2v) is 6.00. The number of carbonyl (C=O) groups excluding carboxylic acids is 2. The van der Waals surface area contributed by atoms with Crippen LogP contribution in [0.4, 0.5) is 5.69 Å². The Kier molecular flexibility index (Phi) is 6.36. The summed E-state index contributed by atoms with van der Waals surface area (Å²) in [6.07, 6.45) is 3.39. The molecule has 0 atom stereocenters. The number of amides is 2. The van der Waals surface area contributed by atoms with E-state index in [1.807, 2.05) is 25.1 Å². The Bertz CT molecular complexity index is 941. The van der Waals surface area contributed by atoms with Crippen molar-refractivity contribution in [3.05, 3.63) is 89.7 Å². The highest BCUT2D eigenvalue weighted by Gasteiger charge is 2.12. The van der Waals surface area contributed by atoms with Gasteiger partial charge in [0.2, 0.25) is 0 Å². The molecule has 0 aliphatic carbocycles. The molecule has 2 aromatic carbocycles. The minimum atomic E-state index is -0.266. The Hall–Kier alpha value is -3.67. The normalized spacial score (nSPS) is 10.2. The lowest BCUT2D eigenvalue weighted by Gasteiger charge is -2.11. The van der Waals surface area contributed by atoms with E-state index < -0.39 is 0 Å². The fraction of sp³-hybridized carbons (Fsp3) is 0.136. The minimum absolute atomic E-state index is 0.191. The van der Waals surface area contributed by atoms with Gasteiger partial charge in [-0.15, -0.1) is 0 Å². The van der Waals surface area contributed by atoms with Crippen molar-refractivity contribution in [2.75, 3.05) is 11.9 Å². The molecule has 142 valence electrons. The van der Waals surface area contributed by atoms with Crippen molar-refractivity contribution >= 4 is 17.5 Å². The molecule has 1 heterocycles. The molecule has 3 rings (SSSR count). The molecular weight excluding hydrogens is 354 g/mol. The Labute approximate surface area is 163 Å². The van der Waals surface area contributed by atoms with E-state index in [0.717, 1.165) is 5.56 Å². The summed E-state index contributed by atoms with van der Waals surface area (Å²) in [4.78, 5) is 28.8. The monoisotopic (exact) mass is 375 g/mol. The number of nitrogens with one attached hydrogen (secondary N) is 2. The molecular formula is C22H21N3O3. The van der Waals surface area contributed by atoms with Crippen molar-refractivity contribution < 1.29 is 14.3 Å². The summed E-state index contributed by atoms with van der Waals surface area (Å²) >= 11 is 0. The van der Waals surface area contributed by atoms with E-state index in [1.165, 1.54) is 0 Å². The molecule has 0 aliphatic heterocycles. The number of ether oxygens (including phenoxy) is 1. The fourth-order valence-electron chi connectivity index (χ4n) is 2.63. The lowest BCUT2D eigenvalue weighted by atomic mass is 10.1. The third kappa shape index (κ3) is 4.94. The predicted octanol–water partition coefficient (Wildman–Crippen LogP) is 3.66. The number of hydrogen-bond donors (Lipinski definition) is 2. The second kappa shape index (κ2) is 9.32. The van der Waals surface area contributed by atoms with Gasteiger partial charge in [0.05, 0.1) is 12.2 Å². The maximum atomic E-state index is 12.5. The summed E-state index contributed by atoms with van der Waals surface area (Å²) in [7, 11) is 0. The average Bonchev–Trinajstić information content (AvgIpc) is 2.74. The van der Waals surface area contributed by atoms with Crippen LogP contribution in [0.25, 0.3) is 0 Å². The minimum Gasteiger partial charge on any atom is -0.493 e. The molecule has 0 bridgehead atoms. The quantitative estimate of drug-likeness (QED) is 0.660. The van der Waals surface area contributed by atoms with Crippen LogP contribution in [0.3, 0.4) is 0 Å². The largest absolute Gasteiger partial charge is 0.493 e. The van der Waals surface area contributed by atoms with Gasteiger partial charge in [-0.2, -0.15) is 0 Å². The third-order valence-corrected chi connectivity index (χ3v) is 4.01. The molecule has 0 spiro atoms. The predicted molar refractivity (Wildman–Crippen MR) is 107 cm³/mol. The van der Waals surface area contributed by atoms with Crippen molar-refractivity contribution in [1.82, 2.24) is 10.3 Å². The van der Waals surface area contributed by atoms with Crippen molar-refractivity contribution in [3.8, 4) is 5.75 Å². The van der Waals surface area contributed by atoms with Crippen molar-refractivity contribution in [2.24, 2.45) is 0 Å². The van der Waals surface area contributed by atoms with Gasteiger partial charge in [-0.3, -0.25) is 14.6 Å². The number of carbonyl (C=O) groups is 2. The number of pyridine rings is 1. The van der Waals surface area contributed by atoms with Gasteiger partial charge < -0.3 is 15.4 Å². The number of hydrogen-bond acceptors (Lipinski definition) is 4. The SMILES string of the molecule is CCOc1ccccc1C(=O)Nc1ccc(C(=O)NCc2cccnc2)cc1. The molecule has 2 N–H and O–H groups in total. The van der Waals surface area contributed by atoms with Crippen LogP contribution in [0.2, 0.25) is 0 Å². The first-order valence-corrected chi connectivity index (χ1v) is 8.97. The standard InChI is InChI=1S/C22H21N3O3/c1-2-28-20-8-4-3-7-19(20)22(27)25-18-11-9-17(10-12-18)21(26)24-15-16-6-5-13-23-14-16/h3-14H,2,15H2,1H3,(H,24,26)(H,25,27). The van der Waals surface area contributed by atoms with Crippen LogP contribution in [0.5, 0.6) is 5.75 Å². The van der Waals surface area contributed by atoms with Crippen molar-refractivity contribution in [1.29, 1.82) is 0 Å². The molecule has 3 aromatic rings. The molecule has 1 aromatic heterocycles. The van der Waals surface area contributed by atoms with Crippen LogP contribution in [-0.4, -0.2) is 23.4 Å². The van der Waals surface area contributed by atoms with E-state index in [1.54, 1.807) is 54.9 Å². The summed E-state index contributed by atoms with van der Waals surface area (Å²) < 4.78 is 5.49. The van der Waals surface area contributed by atoms with Gasteiger partial charge in [0.25, 0.3) is 11.8 Å². The van der Waals surface area contributed by atoms with Crippen molar-refractivity contribution in [3.63, 3.8) is 0 Å². The molecule has 6 heteroatoms. The summed E-state index contributed by atoms with van der Waals surface area (Å²) in [5, 5.41) is 5.66. The fourth-order valence-corrected chi connectivity index (χ4v) is 2.63. The first kappa shape index (κ1) is 19.1. The zero-order chi connectivity index (χ0) is 19.8. The maximum absolute atomic E-state index is 12.5. The van der Waals surface area contributed by atoms with E-state index in [9.17, 15) is 9.59 Å². The van der Waals surface area contributed by atoms with Gasteiger partial charge >= 0.3 is 0 Å². The molecule has 0 radical (unpaired) electrons. The van der Waals surface area contributed by atoms with Crippen LogP contribution < -0.4 is 15.4 Å². The summed E-state index contributed by atoms with van der Waals surface area (Å²) in [6, 6.07) is 17.5. The number of aromatic nitrogens is 1. The summed E-state index contributed by atoms with van der Waals surface area (Å²) in [6.45, 7) is 2.75. The number of anilines is 1. The molecule has 28 heavy (non-hydrogen) atoms. The molecule has 0 aliphatic rings. The topological polar surface area (TPSA) is 80.3 Å². The first-order valence-electron chi connectivity index (χ1n) is 8.97.